The maximum atomic E-state index is 13.5. The van der Waals surface area contributed by atoms with E-state index in [2.05, 4.69) is 30.1 Å². The number of rotatable bonds is 8. The van der Waals surface area contributed by atoms with E-state index < -0.39 is 22.4 Å². The van der Waals surface area contributed by atoms with Crippen LogP contribution in [0.4, 0.5) is 28.9 Å². The van der Waals surface area contributed by atoms with E-state index in [1.54, 1.807) is 6.07 Å². The summed E-state index contributed by atoms with van der Waals surface area (Å²) in [5, 5.41) is 15.9. The average Bonchev–Trinajstić information content (AvgIpc) is 2.97. The van der Waals surface area contributed by atoms with Gasteiger partial charge in [0.05, 0.1) is 11.0 Å². The van der Waals surface area contributed by atoms with Crippen LogP contribution in [-0.2, 0) is 22.3 Å². The first-order chi connectivity index (χ1) is 20.9. The van der Waals surface area contributed by atoms with Crippen LogP contribution in [-0.4, -0.2) is 64.6 Å². The maximum absolute atomic E-state index is 13.5. The third kappa shape index (κ3) is 7.47. The fourth-order valence-electron chi connectivity index (χ4n) is 6.35. The molecular weight excluding hydrogens is 580 g/mol. The van der Waals surface area contributed by atoms with E-state index in [9.17, 15) is 32.5 Å². The molecule has 0 spiro atoms. The zero-order chi connectivity index (χ0) is 31.6. The number of nitro groups is 1. The lowest BCUT2D eigenvalue weighted by molar-refractivity contribution is -0.388. The number of nitrogens with one attached hydrogen (secondary N) is 1. The standard InChI is InChI=1S/C32H36F4N4O4/c1-20-16-38(17-21(2)39(20)18-22-3-4-24-14-25(33)6-5-23(24)13-22)31(41)19-44-28-10-7-26(8-11-28)37-27-9-12-30(40(42)43)29(15-27)32(34,35)36/h3-6,9,12-15,20-21,26,28,37H,7-8,10-11,16-19H2,1-2H3/t20-,21+,26-,28-. The number of fused-ring (bicyclic) bond motifs is 1. The maximum Gasteiger partial charge on any atom is 0.423 e. The Bertz CT molecular complexity index is 1500. The van der Waals surface area contributed by atoms with Gasteiger partial charge in [-0.3, -0.25) is 19.8 Å². The van der Waals surface area contributed by atoms with Crippen molar-refractivity contribution in [1.82, 2.24) is 9.80 Å². The molecule has 44 heavy (non-hydrogen) atoms. The highest BCUT2D eigenvalue weighted by Gasteiger charge is 2.39. The number of ether oxygens (including phenoxy) is 1. The van der Waals surface area contributed by atoms with Gasteiger partial charge in [0.2, 0.25) is 5.91 Å². The minimum atomic E-state index is -4.83. The minimum Gasteiger partial charge on any atom is -0.382 e. The van der Waals surface area contributed by atoms with Gasteiger partial charge in [-0.25, -0.2) is 4.39 Å². The number of anilines is 1. The van der Waals surface area contributed by atoms with Crippen molar-refractivity contribution in [2.24, 2.45) is 0 Å². The van der Waals surface area contributed by atoms with Gasteiger partial charge in [0.1, 0.15) is 18.0 Å². The highest BCUT2D eigenvalue weighted by atomic mass is 19.4. The van der Waals surface area contributed by atoms with Crippen molar-refractivity contribution in [3.63, 3.8) is 0 Å². The van der Waals surface area contributed by atoms with Gasteiger partial charge in [0.25, 0.3) is 5.69 Å². The van der Waals surface area contributed by atoms with Crippen LogP contribution in [0.2, 0.25) is 0 Å². The minimum absolute atomic E-state index is 0.0271. The molecule has 2 aliphatic rings. The van der Waals surface area contributed by atoms with Crippen LogP contribution >= 0.6 is 0 Å². The van der Waals surface area contributed by atoms with Crippen LogP contribution < -0.4 is 5.32 Å². The van der Waals surface area contributed by atoms with Gasteiger partial charge >= 0.3 is 6.18 Å². The molecule has 0 radical (unpaired) electrons. The van der Waals surface area contributed by atoms with Crippen LogP contribution in [0, 0.1) is 15.9 Å². The summed E-state index contributed by atoms with van der Waals surface area (Å²) >= 11 is 0. The monoisotopic (exact) mass is 616 g/mol. The molecule has 1 amide bonds. The number of carbonyl (C=O) groups excluding carboxylic acids is 1. The first kappa shape index (κ1) is 31.6. The van der Waals surface area contributed by atoms with E-state index in [4.69, 9.17) is 4.74 Å². The molecule has 0 unspecified atom stereocenters. The first-order valence-electron chi connectivity index (χ1n) is 14.8. The van der Waals surface area contributed by atoms with Gasteiger partial charge < -0.3 is 15.0 Å². The van der Waals surface area contributed by atoms with E-state index in [1.165, 1.54) is 18.2 Å². The fraction of sp³-hybridized carbons (Fsp3) is 0.469. The molecule has 3 aromatic rings. The molecule has 1 N–H and O–H groups in total. The summed E-state index contributed by atoms with van der Waals surface area (Å²) in [5.74, 6) is -0.325. The van der Waals surface area contributed by atoms with E-state index >= 15 is 0 Å². The van der Waals surface area contributed by atoms with E-state index in [0.717, 1.165) is 35.0 Å². The second-order valence-corrected chi connectivity index (χ2v) is 11.9. The highest BCUT2D eigenvalue weighted by molar-refractivity contribution is 5.83. The lowest BCUT2D eigenvalue weighted by Gasteiger charge is -2.44. The predicted octanol–water partition coefficient (Wildman–Crippen LogP) is 6.77. The Balaban J connectivity index is 1.08. The highest BCUT2D eigenvalue weighted by Crippen LogP contribution is 2.38. The summed E-state index contributed by atoms with van der Waals surface area (Å²) in [6.45, 7) is 6.06. The summed E-state index contributed by atoms with van der Waals surface area (Å²) in [5.41, 5.74) is -0.941. The molecule has 1 heterocycles. The molecular formula is C32H36F4N4O4. The third-order valence-corrected chi connectivity index (χ3v) is 8.67. The van der Waals surface area contributed by atoms with Gasteiger partial charge in [0, 0.05) is 49.5 Å². The van der Waals surface area contributed by atoms with Crippen molar-refractivity contribution < 1.29 is 32.0 Å². The van der Waals surface area contributed by atoms with Crippen molar-refractivity contribution >= 4 is 28.1 Å². The molecule has 2 atom stereocenters. The third-order valence-electron chi connectivity index (χ3n) is 8.67. The molecule has 1 aliphatic carbocycles. The largest absolute Gasteiger partial charge is 0.423 e. The van der Waals surface area contributed by atoms with Crippen LogP contribution in [0.1, 0.15) is 50.7 Å². The molecule has 1 saturated heterocycles. The zero-order valence-electron chi connectivity index (χ0n) is 24.6. The van der Waals surface area contributed by atoms with Crippen molar-refractivity contribution in [3.05, 3.63) is 81.7 Å². The van der Waals surface area contributed by atoms with Crippen LogP contribution in [0.15, 0.2) is 54.6 Å². The summed E-state index contributed by atoms with van der Waals surface area (Å²) in [7, 11) is 0. The number of carbonyl (C=O) groups is 1. The number of alkyl halides is 3. The second kappa shape index (κ2) is 13.1. The molecule has 12 heteroatoms. The van der Waals surface area contributed by atoms with Gasteiger partial charge in [-0.1, -0.05) is 18.2 Å². The van der Waals surface area contributed by atoms with E-state index in [-0.39, 0.29) is 48.2 Å². The number of halogens is 4. The second-order valence-electron chi connectivity index (χ2n) is 11.9. The molecule has 0 bridgehead atoms. The Hall–Kier alpha value is -3.77. The van der Waals surface area contributed by atoms with Gasteiger partial charge in [0.15, 0.2) is 0 Å². The van der Waals surface area contributed by atoms with Crippen LogP contribution in [0.5, 0.6) is 0 Å². The SMILES string of the molecule is C[C@@H]1CN(C(=O)CO[C@H]2CC[C@H](Nc3ccc([N+](=O)[O-])c(C(F)(F)F)c3)CC2)C[C@H](C)N1Cc1ccc2cc(F)ccc2c1. The normalized spacial score (nSPS) is 23.1. The number of hydrogen-bond acceptors (Lipinski definition) is 6. The molecule has 5 rings (SSSR count). The van der Waals surface area contributed by atoms with Crippen molar-refractivity contribution in [1.29, 1.82) is 0 Å². The predicted molar refractivity (Wildman–Crippen MR) is 159 cm³/mol. The Kier molecular flexibility index (Phi) is 9.40. The number of amides is 1. The van der Waals surface area contributed by atoms with Crippen molar-refractivity contribution in [2.45, 2.75) is 76.5 Å². The lowest BCUT2D eigenvalue weighted by Crippen LogP contribution is -2.58. The number of piperazine rings is 1. The molecule has 2 fully saturated rings. The van der Waals surface area contributed by atoms with Gasteiger partial charge in [-0.2, -0.15) is 13.2 Å². The molecule has 3 aromatic carbocycles. The zero-order valence-corrected chi connectivity index (χ0v) is 24.6. The summed E-state index contributed by atoms with van der Waals surface area (Å²) < 4.78 is 59.5. The summed E-state index contributed by atoms with van der Waals surface area (Å²) in [4.78, 5) is 27.2. The van der Waals surface area contributed by atoms with E-state index in [1.807, 2.05) is 17.0 Å². The summed E-state index contributed by atoms with van der Waals surface area (Å²) in [6, 6.07) is 13.9. The number of benzene rings is 3. The Morgan fingerprint density at radius 2 is 1.64 bits per heavy atom. The van der Waals surface area contributed by atoms with E-state index in [0.29, 0.717) is 38.8 Å². The average molecular weight is 617 g/mol. The smallest absolute Gasteiger partial charge is 0.382 e. The Morgan fingerprint density at radius 3 is 2.30 bits per heavy atom. The number of nitro benzene ring substituents is 1. The molecule has 8 nitrogen and oxygen atoms in total. The Morgan fingerprint density at radius 1 is 0.977 bits per heavy atom. The molecule has 1 aliphatic heterocycles. The van der Waals surface area contributed by atoms with Crippen molar-refractivity contribution in [2.75, 3.05) is 25.0 Å². The Labute approximate surface area is 253 Å². The first-order valence-corrected chi connectivity index (χ1v) is 14.8. The fourth-order valence-corrected chi connectivity index (χ4v) is 6.35. The molecule has 0 aromatic heterocycles. The van der Waals surface area contributed by atoms with Crippen LogP contribution in [0.3, 0.4) is 0 Å². The molecule has 1 saturated carbocycles. The quantitative estimate of drug-likeness (QED) is 0.171. The molecule has 236 valence electrons. The van der Waals surface area contributed by atoms with Crippen LogP contribution in [0.25, 0.3) is 10.8 Å². The van der Waals surface area contributed by atoms with Gasteiger partial charge in [-0.05, 0) is 86.2 Å². The number of hydrogen-bond donors (Lipinski definition) is 1. The topological polar surface area (TPSA) is 87.9 Å². The number of nitrogens with zero attached hydrogens (tertiary/aromatic N) is 3. The summed E-state index contributed by atoms with van der Waals surface area (Å²) in [6.07, 6.45) is -2.41. The van der Waals surface area contributed by atoms with Gasteiger partial charge in [-0.15, -0.1) is 0 Å². The van der Waals surface area contributed by atoms with Crippen molar-refractivity contribution in [3.8, 4) is 0 Å². The lowest BCUT2D eigenvalue weighted by atomic mass is 9.92.